The van der Waals surface area contributed by atoms with E-state index in [1.165, 1.54) is 0 Å². The highest BCUT2D eigenvalue weighted by atomic mass is 19.1. The molecule has 1 aliphatic carbocycles. The summed E-state index contributed by atoms with van der Waals surface area (Å²) in [6.07, 6.45) is 8.50. The third-order valence-electron chi connectivity index (χ3n) is 5.77. The molecule has 4 rings (SSSR count). The Hall–Kier alpha value is -4.20. The second-order valence-electron chi connectivity index (χ2n) is 8.51. The van der Waals surface area contributed by atoms with Crippen LogP contribution < -0.4 is 5.73 Å². The summed E-state index contributed by atoms with van der Waals surface area (Å²) in [7, 11) is 1.82. The molecule has 1 amide bonds. The Morgan fingerprint density at radius 2 is 1.97 bits per heavy atom. The predicted molar refractivity (Wildman–Crippen MR) is 129 cm³/mol. The summed E-state index contributed by atoms with van der Waals surface area (Å²) in [6.45, 7) is 0.173. The average molecular weight is 476 g/mol. The van der Waals surface area contributed by atoms with Crippen molar-refractivity contribution in [1.82, 2.24) is 9.78 Å². The minimum absolute atomic E-state index is 0.0709. The molecule has 1 aliphatic rings. The van der Waals surface area contributed by atoms with Crippen molar-refractivity contribution in [3.8, 4) is 22.3 Å². The Kier molecular flexibility index (Phi) is 7.10. The fourth-order valence-corrected chi connectivity index (χ4v) is 4.15. The number of aliphatic carboxylic acids is 1. The Morgan fingerprint density at radius 1 is 1.17 bits per heavy atom. The van der Waals surface area contributed by atoms with E-state index in [2.05, 4.69) is 5.10 Å². The maximum atomic E-state index is 15.3. The van der Waals surface area contributed by atoms with Crippen molar-refractivity contribution in [3.63, 3.8) is 0 Å². The van der Waals surface area contributed by atoms with Crippen LogP contribution >= 0.6 is 0 Å². The molecule has 0 saturated heterocycles. The van der Waals surface area contributed by atoms with Gasteiger partial charge in [0, 0.05) is 24.4 Å². The third-order valence-corrected chi connectivity index (χ3v) is 5.77. The summed E-state index contributed by atoms with van der Waals surface area (Å²) in [5.41, 5.74) is 9.68. The molecule has 0 saturated carbocycles. The SMILES string of the molecule is Cn1cc(-c2cc(COC3=C(CC(=O)O)CCC=C3)cc(-c3cccc(CC(N)=O)c3F)c2)cn1. The number of nitrogens with two attached hydrogens (primary N) is 1. The molecule has 0 fully saturated rings. The van der Waals surface area contributed by atoms with Gasteiger partial charge in [-0.2, -0.15) is 5.10 Å². The van der Waals surface area contributed by atoms with Crippen LogP contribution in [0, 0.1) is 5.82 Å². The fraction of sp³-hybridized carbons (Fsp3) is 0.222. The zero-order chi connectivity index (χ0) is 24.9. The van der Waals surface area contributed by atoms with Crippen molar-refractivity contribution in [2.45, 2.75) is 32.3 Å². The second kappa shape index (κ2) is 10.4. The monoisotopic (exact) mass is 475 g/mol. The molecule has 0 spiro atoms. The highest BCUT2D eigenvalue weighted by Gasteiger charge is 2.16. The van der Waals surface area contributed by atoms with Crippen molar-refractivity contribution >= 4 is 11.9 Å². The lowest BCUT2D eigenvalue weighted by molar-refractivity contribution is -0.136. The zero-order valence-corrected chi connectivity index (χ0v) is 19.3. The molecule has 0 bridgehead atoms. The van der Waals surface area contributed by atoms with Crippen LogP contribution in [0.5, 0.6) is 0 Å². The number of nitrogens with zero attached hydrogens (tertiary/aromatic N) is 2. The number of amides is 1. The van der Waals surface area contributed by atoms with E-state index in [4.69, 9.17) is 10.5 Å². The van der Waals surface area contributed by atoms with Crippen molar-refractivity contribution in [1.29, 1.82) is 0 Å². The Morgan fingerprint density at radius 3 is 2.69 bits per heavy atom. The number of aryl methyl sites for hydroxylation is 1. The van der Waals surface area contributed by atoms with E-state index in [0.717, 1.165) is 28.7 Å². The zero-order valence-electron chi connectivity index (χ0n) is 19.3. The van der Waals surface area contributed by atoms with E-state index in [0.29, 0.717) is 23.3 Å². The standard InChI is InChI=1S/C27H26FN3O4/c1-31-15-22(14-30-31)20-9-17(16-35-24-8-3-2-5-18(24)13-26(33)34)10-21(11-20)23-7-4-6-19(27(23)28)12-25(29)32/h3-4,6-11,14-15H,2,5,12-13,16H2,1H3,(H2,29,32)(H,33,34). The van der Waals surface area contributed by atoms with E-state index < -0.39 is 17.7 Å². The number of primary amides is 1. The highest BCUT2D eigenvalue weighted by Crippen LogP contribution is 2.32. The molecule has 3 aromatic rings. The Bertz CT molecular complexity index is 1340. The maximum Gasteiger partial charge on any atom is 0.307 e. The number of rotatable bonds is 9. The summed E-state index contributed by atoms with van der Waals surface area (Å²) in [5, 5.41) is 13.4. The van der Waals surface area contributed by atoms with E-state index in [1.54, 1.807) is 35.2 Å². The molecular formula is C27H26FN3O4. The number of halogens is 1. The van der Waals surface area contributed by atoms with Gasteiger partial charge in [-0.1, -0.05) is 24.3 Å². The summed E-state index contributed by atoms with van der Waals surface area (Å²) < 4.78 is 23.0. The van der Waals surface area contributed by atoms with Gasteiger partial charge in [0.05, 0.1) is 19.0 Å². The number of ether oxygens (including phenoxy) is 1. The summed E-state index contributed by atoms with van der Waals surface area (Å²) in [5.74, 6) is -1.45. The molecule has 0 unspecified atom stereocenters. The first kappa shape index (κ1) is 23.9. The molecule has 1 heterocycles. The van der Waals surface area contributed by atoms with Gasteiger partial charge in [-0.3, -0.25) is 14.3 Å². The predicted octanol–water partition coefficient (Wildman–Crippen LogP) is 4.52. The van der Waals surface area contributed by atoms with E-state index in [1.807, 2.05) is 37.5 Å². The molecule has 7 nitrogen and oxygen atoms in total. The second-order valence-corrected chi connectivity index (χ2v) is 8.51. The topological polar surface area (TPSA) is 107 Å². The first-order chi connectivity index (χ1) is 16.8. The molecule has 1 aromatic heterocycles. The van der Waals surface area contributed by atoms with Gasteiger partial charge in [0.25, 0.3) is 0 Å². The van der Waals surface area contributed by atoms with Gasteiger partial charge in [0.15, 0.2) is 0 Å². The number of carbonyl (C=O) groups is 2. The molecule has 0 radical (unpaired) electrons. The Balaban J connectivity index is 1.72. The molecule has 2 aromatic carbocycles. The minimum atomic E-state index is -0.899. The molecule has 35 heavy (non-hydrogen) atoms. The largest absolute Gasteiger partial charge is 0.489 e. The van der Waals surface area contributed by atoms with Gasteiger partial charge < -0.3 is 15.6 Å². The maximum absolute atomic E-state index is 15.3. The fourth-order valence-electron chi connectivity index (χ4n) is 4.15. The number of carboxylic acids is 1. The quantitative estimate of drug-likeness (QED) is 0.473. The third kappa shape index (κ3) is 5.84. The van der Waals surface area contributed by atoms with Crippen LogP contribution in [0.15, 0.2) is 72.3 Å². The van der Waals surface area contributed by atoms with Gasteiger partial charge in [-0.25, -0.2) is 4.39 Å². The number of hydrogen-bond acceptors (Lipinski definition) is 4. The van der Waals surface area contributed by atoms with E-state index in [-0.39, 0.29) is 25.0 Å². The van der Waals surface area contributed by atoms with E-state index in [9.17, 15) is 14.7 Å². The number of carbonyl (C=O) groups excluding carboxylic acids is 1. The summed E-state index contributed by atoms with van der Waals surface area (Å²) in [4.78, 5) is 22.6. The number of aromatic nitrogens is 2. The van der Waals surface area contributed by atoms with Gasteiger partial charge in [0.1, 0.15) is 18.2 Å². The normalized spacial score (nSPS) is 13.2. The van der Waals surface area contributed by atoms with Crippen LogP contribution in [-0.2, 0) is 34.4 Å². The first-order valence-electron chi connectivity index (χ1n) is 11.2. The van der Waals surface area contributed by atoms with Gasteiger partial charge in [0.2, 0.25) is 5.91 Å². The van der Waals surface area contributed by atoms with Gasteiger partial charge in [-0.05, 0) is 64.9 Å². The number of allylic oxidation sites excluding steroid dienone is 2. The first-order valence-corrected chi connectivity index (χ1v) is 11.2. The molecule has 0 aliphatic heterocycles. The Labute approximate surface area is 202 Å². The van der Waals surface area contributed by atoms with Crippen LogP contribution in [0.1, 0.15) is 30.4 Å². The molecule has 3 N–H and O–H groups in total. The summed E-state index contributed by atoms with van der Waals surface area (Å²) in [6, 6.07) is 10.5. The molecule has 8 heteroatoms. The number of hydrogen-bond donors (Lipinski definition) is 2. The molecule has 180 valence electrons. The van der Waals surface area contributed by atoms with Crippen LogP contribution in [0.4, 0.5) is 4.39 Å². The number of benzene rings is 2. The molecule has 0 atom stereocenters. The van der Waals surface area contributed by atoms with Crippen LogP contribution in [-0.4, -0.2) is 26.8 Å². The van der Waals surface area contributed by atoms with Crippen LogP contribution in [0.2, 0.25) is 0 Å². The smallest absolute Gasteiger partial charge is 0.307 e. The lowest BCUT2D eigenvalue weighted by Crippen LogP contribution is -2.14. The molecular weight excluding hydrogens is 449 g/mol. The van der Waals surface area contributed by atoms with Crippen molar-refractivity contribution in [3.05, 3.63) is 89.2 Å². The average Bonchev–Trinajstić information content (AvgIpc) is 3.25. The van der Waals surface area contributed by atoms with Crippen molar-refractivity contribution in [2.75, 3.05) is 0 Å². The lowest BCUT2D eigenvalue weighted by Gasteiger charge is -2.17. The van der Waals surface area contributed by atoms with Gasteiger partial charge >= 0.3 is 5.97 Å². The minimum Gasteiger partial charge on any atom is -0.489 e. The van der Waals surface area contributed by atoms with Crippen molar-refractivity contribution < 1.29 is 23.8 Å². The highest BCUT2D eigenvalue weighted by molar-refractivity contribution is 5.79. The van der Waals surface area contributed by atoms with Crippen LogP contribution in [0.25, 0.3) is 22.3 Å². The van der Waals surface area contributed by atoms with E-state index >= 15 is 4.39 Å². The van der Waals surface area contributed by atoms with Crippen LogP contribution in [0.3, 0.4) is 0 Å². The number of carboxylic acid groups (broad SMARTS) is 1. The van der Waals surface area contributed by atoms with Crippen molar-refractivity contribution in [2.24, 2.45) is 12.8 Å². The summed E-state index contributed by atoms with van der Waals surface area (Å²) >= 11 is 0. The van der Waals surface area contributed by atoms with Gasteiger partial charge in [-0.15, -0.1) is 0 Å². The lowest BCUT2D eigenvalue weighted by atomic mass is 9.95.